The quantitative estimate of drug-likeness (QED) is 0.674. The van der Waals surface area contributed by atoms with Gasteiger partial charge in [0.25, 0.3) is 0 Å². The molecular weight excluding hydrogens is 162 g/mol. The first-order chi connectivity index (χ1) is 5.52. The van der Waals surface area contributed by atoms with E-state index in [-0.39, 0.29) is 16.4 Å². The van der Waals surface area contributed by atoms with Crippen molar-refractivity contribution in [3.8, 4) is 0 Å². The monoisotopic (exact) mass is 187 g/mol. The van der Waals surface area contributed by atoms with Gasteiger partial charge in [-0.25, -0.2) is 5.90 Å². The maximum atomic E-state index is 5.40. The number of rotatable bonds is 2. The van der Waals surface area contributed by atoms with Crippen LogP contribution in [0.15, 0.2) is 0 Å². The fraction of sp³-hybridized carbons (Fsp3) is 1.00. The minimum absolute atomic E-state index is 0.0645. The first kappa shape index (κ1) is 12.9. The fourth-order valence-corrected chi connectivity index (χ4v) is 1.50. The number of hydrogen-bond donors (Lipinski definition) is 1. The highest BCUT2D eigenvalue weighted by molar-refractivity contribution is 4.91. The molecule has 80 valence electrons. The van der Waals surface area contributed by atoms with Crippen LogP contribution < -0.4 is 5.90 Å². The molecule has 0 bridgehead atoms. The summed E-state index contributed by atoms with van der Waals surface area (Å²) in [5.41, 5.74) is 0.0433. The van der Waals surface area contributed by atoms with Gasteiger partial charge in [-0.1, -0.05) is 41.5 Å². The third-order valence-electron chi connectivity index (χ3n) is 2.71. The van der Waals surface area contributed by atoms with Crippen molar-refractivity contribution >= 4 is 0 Å². The van der Waals surface area contributed by atoms with Crippen LogP contribution in [0.4, 0.5) is 0 Å². The Morgan fingerprint density at radius 3 is 1.38 bits per heavy atom. The molecule has 1 unspecified atom stereocenters. The van der Waals surface area contributed by atoms with Crippen molar-refractivity contribution < 1.29 is 4.84 Å². The Labute approximate surface area is 82.8 Å². The van der Waals surface area contributed by atoms with Crippen molar-refractivity contribution in [1.82, 2.24) is 0 Å². The Morgan fingerprint density at radius 2 is 1.31 bits per heavy atom. The van der Waals surface area contributed by atoms with E-state index < -0.39 is 0 Å². The molecule has 13 heavy (non-hydrogen) atoms. The predicted octanol–water partition coefficient (Wildman–Crippen LogP) is 3.12. The fourth-order valence-electron chi connectivity index (χ4n) is 1.50. The lowest BCUT2D eigenvalue weighted by atomic mass is 9.69. The molecule has 0 aliphatic heterocycles. The zero-order valence-electron chi connectivity index (χ0n) is 10.2. The third-order valence-corrected chi connectivity index (χ3v) is 2.71. The van der Waals surface area contributed by atoms with Crippen LogP contribution in [-0.4, -0.2) is 5.60 Å². The molecule has 1 atom stereocenters. The molecule has 2 heteroatoms. The van der Waals surface area contributed by atoms with Crippen LogP contribution in [0.1, 0.15) is 54.9 Å². The first-order valence-corrected chi connectivity index (χ1v) is 4.90. The first-order valence-electron chi connectivity index (χ1n) is 4.90. The van der Waals surface area contributed by atoms with Gasteiger partial charge in [-0.05, 0) is 24.2 Å². The van der Waals surface area contributed by atoms with E-state index in [0.29, 0.717) is 0 Å². The second-order valence-corrected chi connectivity index (χ2v) is 6.34. The van der Waals surface area contributed by atoms with E-state index in [1.807, 2.05) is 0 Å². The molecule has 0 aliphatic rings. The molecule has 0 radical (unpaired) electrons. The summed E-state index contributed by atoms with van der Waals surface area (Å²) in [6.07, 6.45) is 0.958. The summed E-state index contributed by atoms with van der Waals surface area (Å²) in [5, 5.41) is 0. The van der Waals surface area contributed by atoms with E-state index in [2.05, 4.69) is 48.5 Å². The molecule has 0 aromatic heterocycles. The van der Waals surface area contributed by atoms with Crippen molar-refractivity contribution in [1.29, 1.82) is 0 Å². The van der Waals surface area contributed by atoms with E-state index in [1.54, 1.807) is 0 Å². The maximum Gasteiger partial charge on any atom is 0.0918 e. The lowest BCUT2D eigenvalue weighted by molar-refractivity contribution is -0.127. The molecule has 0 fully saturated rings. The highest BCUT2D eigenvalue weighted by Gasteiger charge is 2.41. The minimum Gasteiger partial charge on any atom is -0.298 e. The zero-order valence-corrected chi connectivity index (χ0v) is 10.2. The van der Waals surface area contributed by atoms with Crippen LogP contribution in [0.2, 0.25) is 0 Å². The Kier molecular flexibility index (Phi) is 3.56. The Bertz CT molecular complexity index is 164. The van der Waals surface area contributed by atoms with Gasteiger partial charge in [0.15, 0.2) is 0 Å². The summed E-state index contributed by atoms with van der Waals surface area (Å²) in [5.74, 6) is 5.40. The van der Waals surface area contributed by atoms with Crippen LogP contribution in [0.5, 0.6) is 0 Å². The molecule has 0 rings (SSSR count). The van der Waals surface area contributed by atoms with Gasteiger partial charge in [0, 0.05) is 0 Å². The maximum absolute atomic E-state index is 5.40. The molecule has 0 aromatic carbocycles. The van der Waals surface area contributed by atoms with E-state index in [1.165, 1.54) is 0 Å². The average molecular weight is 187 g/mol. The lowest BCUT2D eigenvalue weighted by Crippen LogP contribution is -2.47. The predicted molar refractivity (Wildman–Crippen MR) is 57.2 cm³/mol. The van der Waals surface area contributed by atoms with Crippen molar-refractivity contribution in [2.45, 2.75) is 60.5 Å². The van der Waals surface area contributed by atoms with Gasteiger partial charge in [0.2, 0.25) is 0 Å². The van der Waals surface area contributed by atoms with Crippen molar-refractivity contribution in [2.24, 2.45) is 16.7 Å². The van der Waals surface area contributed by atoms with E-state index in [4.69, 9.17) is 10.7 Å². The van der Waals surface area contributed by atoms with Crippen LogP contribution in [0, 0.1) is 10.8 Å². The van der Waals surface area contributed by atoms with Gasteiger partial charge in [-0.3, -0.25) is 4.84 Å². The minimum atomic E-state index is -0.259. The van der Waals surface area contributed by atoms with Gasteiger partial charge in [-0.2, -0.15) is 0 Å². The number of hydrogen-bond acceptors (Lipinski definition) is 2. The topological polar surface area (TPSA) is 35.2 Å². The third kappa shape index (κ3) is 3.65. The summed E-state index contributed by atoms with van der Waals surface area (Å²) in [6, 6.07) is 0. The van der Waals surface area contributed by atoms with Gasteiger partial charge in [-0.15, -0.1) is 0 Å². The van der Waals surface area contributed by atoms with Crippen molar-refractivity contribution in [3.05, 3.63) is 0 Å². The largest absolute Gasteiger partial charge is 0.298 e. The van der Waals surface area contributed by atoms with Gasteiger partial charge in [0.05, 0.1) is 5.60 Å². The normalized spacial score (nSPS) is 18.5. The molecule has 0 saturated carbocycles. The molecular formula is C11H25NO. The molecule has 0 heterocycles. The summed E-state index contributed by atoms with van der Waals surface area (Å²) in [4.78, 5) is 5.18. The molecule has 2 N–H and O–H groups in total. The standard InChI is InChI=1S/C11H25NO/c1-9(2,3)8-11(7,13-12)10(4,5)6/h8,12H2,1-7H3. The second-order valence-electron chi connectivity index (χ2n) is 6.34. The van der Waals surface area contributed by atoms with Crippen LogP contribution in [-0.2, 0) is 4.84 Å². The smallest absolute Gasteiger partial charge is 0.0918 e. The zero-order chi connectivity index (χ0) is 10.9. The van der Waals surface area contributed by atoms with Gasteiger partial charge < -0.3 is 0 Å². The van der Waals surface area contributed by atoms with E-state index >= 15 is 0 Å². The summed E-state index contributed by atoms with van der Waals surface area (Å²) < 4.78 is 0. The molecule has 0 saturated heterocycles. The Morgan fingerprint density at radius 1 is 0.923 bits per heavy atom. The molecule has 0 amide bonds. The summed E-state index contributed by atoms with van der Waals surface area (Å²) >= 11 is 0. The van der Waals surface area contributed by atoms with Crippen molar-refractivity contribution in [2.75, 3.05) is 0 Å². The van der Waals surface area contributed by atoms with Gasteiger partial charge in [0.1, 0.15) is 0 Å². The van der Waals surface area contributed by atoms with Gasteiger partial charge >= 0.3 is 0 Å². The highest BCUT2D eigenvalue weighted by Crippen LogP contribution is 2.40. The molecule has 0 aliphatic carbocycles. The summed E-state index contributed by atoms with van der Waals surface area (Å²) in [6.45, 7) is 15.2. The van der Waals surface area contributed by atoms with Crippen molar-refractivity contribution in [3.63, 3.8) is 0 Å². The average Bonchev–Trinajstić information content (AvgIpc) is 1.81. The lowest BCUT2D eigenvalue weighted by Gasteiger charge is -2.43. The number of nitrogens with two attached hydrogens (primary N) is 1. The molecule has 0 spiro atoms. The second kappa shape index (κ2) is 3.58. The van der Waals surface area contributed by atoms with E-state index in [0.717, 1.165) is 6.42 Å². The summed E-state index contributed by atoms with van der Waals surface area (Å²) in [7, 11) is 0. The Balaban J connectivity index is 4.67. The SMILES string of the molecule is CC(C)(C)CC(C)(ON)C(C)(C)C. The highest BCUT2D eigenvalue weighted by atomic mass is 16.6. The molecule has 2 nitrogen and oxygen atoms in total. The van der Waals surface area contributed by atoms with Crippen LogP contribution in [0.3, 0.4) is 0 Å². The van der Waals surface area contributed by atoms with Crippen LogP contribution >= 0.6 is 0 Å². The van der Waals surface area contributed by atoms with Crippen LogP contribution in [0.25, 0.3) is 0 Å². The Hall–Kier alpha value is -0.0800. The van der Waals surface area contributed by atoms with E-state index in [9.17, 15) is 0 Å². The molecule has 0 aromatic rings.